The van der Waals surface area contributed by atoms with Crippen molar-refractivity contribution in [2.45, 2.75) is 31.8 Å². The van der Waals surface area contributed by atoms with Gasteiger partial charge in [0.05, 0.1) is 10.5 Å². The van der Waals surface area contributed by atoms with E-state index in [2.05, 4.69) is 22.0 Å². The van der Waals surface area contributed by atoms with Crippen LogP contribution in [0.2, 0.25) is 0 Å². The van der Waals surface area contributed by atoms with Crippen molar-refractivity contribution in [3.8, 4) is 11.8 Å². The fraction of sp³-hybridized carbons (Fsp3) is 0.333. The van der Waals surface area contributed by atoms with Gasteiger partial charge in [-0.25, -0.2) is 9.37 Å². The van der Waals surface area contributed by atoms with Gasteiger partial charge in [0.2, 0.25) is 5.82 Å². The molecule has 7 nitrogen and oxygen atoms in total. The van der Waals surface area contributed by atoms with Crippen molar-refractivity contribution in [3.05, 3.63) is 63.6 Å². The summed E-state index contributed by atoms with van der Waals surface area (Å²) in [5.41, 5.74) is 1.18. The topological polar surface area (TPSA) is 80.9 Å². The summed E-state index contributed by atoms with van der Waals surface area (Å²) in [4.78, 5) is 22.9. The number of rotatable bonds is 2. The first-order valence-corrected chi connectivity index (χ1v) is 9.34. The van der Waals surface area contributed by atoms with Gasteiger partial charge >= 0.3 is 5.69 Å². The van der Waals surface area contributed by atoms with Crippen LogP contribution in [-0.2, 0) is 4.84 Å². The Balaban J connectivity index is 1.43. The van der Waals surface area contributed by atoms with Crippen molar-refractivity contribution in [3.63, 3.8) is 0 Å². The number of pyridine rings is 1. The lowest BCUT2D eigenvalue weighted by atomic mass is 9.87. The predicted octanol–water partition coefficient (Wildman–Crippen LogP) is 3.60. The molecule has 1 aromatic carbocycles. The molecule has 1 aromatic heterocycles. The molecule has 0 aliphatic carbocycles. The molecule has 148 valence electrons. The Kier molecular flexibility index (Phi) is 4.89. The average molecular weight is 394 g/mol. The minimum Gasteiger partial charge on any atom is -0.388 e. The summed E-state index contributed by atoms with van der Waals surface area (Å²) in [6, 6.07) is 9.47. The first-order chi connectivity index (χ1) is 14.0. The maximum Gasteiger partial charge on any atom is 0.311 e. The van der Waals surface area contributed by atoms with Gasteiger partial charge in [0, 0.05) is 44.1 Å². The smallest absolute Gasteiger partial charge is 0.311 e. The van der Waals surface area contributed by atoms with Gasteiger partial charge in [-0.15, -0.1) is 0 Å². The molecule has 0 bridgehead atoms. The SMILES string of the molecule is Cc1ccc([N+](=O)[O-])c(N2CCC3(CC2)CC(C#Cc2ccccc2F)=NO3)n1. The van der Waals surface area contributed by atoms with E-state index in [-0.39, 0.29) is 11.5 Å². The third-order valence-corrected chi connectivity index (χ3v) is 5.22. The first kappa shape index (κ1) is 18.9. The summed E-state index contributed by atoms with van der Waals surface area (Å²) >= 11 is 0. The normalized spacial score (nSPS) is 17.3. The van der Waals surface area contributed by atoms with E-state index >= 15 is 0 Å². The molecular formula is C21H19FN4O3. The van der Waals surface area contributed by atoms with Crippen molar-refractivity contribution in [2.75, 3.05) is 18.0 Å². The van der Waals surface area contributed by atoms with Crippen LogP contribution in [0.5, 0.6) is 0 Å². The van der Waals surface area contributed by atoms with Crippen LogP contribution in [0.15, 0.2) is 41.6 Å². The molecular weight excluding hydrogens is 375 g/mol. The minimum atomic E-state index is -0.464. The molecule has 2 aromatic rings. The summed E-state index contributed by atoms with van der Waals surface area (Å²) in [5, 5.41) is 15.4. The zero-order valence-corrected chi connectivity index (χ0v) is 15.9. The molecule has 2 aliphatic heterocycles. The first-order valence-electron chi connectivity index (χ1n) is 9.34. The number of piperidine rings is 1. The molecule has 29 heavy (non-hydrogen) atoms. The lowest BCUT2D eigenvalue weighted by molar-refractivity contribution is -0.384. The molecule has 1 saturated heterocycles. The van der Waals surface area contributed by atoms with Crippen molar-refractivity contribution in [1.29, 1.82) is 0 Å². The minimum absolute atomic E-state index is 0.00610. The van der Waals surface area contributed by atoms with Gasteiger partial charge in [-0.1, -0.05) is 23.2 Å². The number of hydrogen-bond acceptors (Lipinski definition) is 6. The van der Waals surface area contributed by atoms with Gasteiger partial charge in [-0.2, -0.15) is 0 Å². The lowest BCUT2D eigenvalue weighted by Crippen LogP contribution is -2.45. The van der Waals surface area contributed by atoms with E-state index in [1.165, 1.54) is 12.1 Å². The zero-order chi connectivity index (χ0) is 20.4. The number of aryl methyl sites for hydroxylation is 1. The summed E-state index contributed by atoms with van der Waals surface area (Å²) < 4.78 is 13.7. The molecule has 4 rings (SSSR count). The molecule has 8 heteroatoms. The van der Waals surface area contributed by atoms with E-state index in [0.717, 1.165) is 5.69 Å². The maximum atomic E-state index is 13.7. The predicted molar refractivity (Wildman–Crippen MR) is 106 cm³/mol. The maximum absolute atomic E-state index is 13.7. The van der Waals surface area contributed by atoms with Crippen molar-refractivity contribution in [2.24, 2.45) is 5.16 Å². The third-order valence-electron chi connectivity index (χ3n) is 5.22. The Labute approximate surface area is 167 Å². The number of hydrogen-bond donors (Lipinski definition) is 0. The summed E-state index contributed by atoms with van der Waals surface area (Å²) in [6.45, 7) is 2.95. The molecule has 3 heterocycles. The van der Waals surface area contributed by atoms with Crippen LogP contribution in [-0.4, -0.2) is 34.3 Å². The number of nitro groups is 1. The van der Waals surface area contributed by atoms with E-state index in [1.54, 1.807) is 24.3 Å². The highest BCUT2D eigenvalue weighted by molar-refractivity contribution is 6.01. The second-order valence-electron chi connectivity index (χ2n) is 7.26. The molecule has 1 fully saturated rings. The van der Waals surface area contributed by atoms with Crippen LogP contribution in [0.3, 0.4) is 0 Å². The Morgan fingerprint density at radius 1 is 1.21 bits per heavy atom. The summed E-state index contributed by atoms with van der Waals surface area (Å²) in [5.74, 6) is 5.74. The van der Waals surface area contributed by atoms with Crippen molar-refractivity contribution < 1.29 is 14.2 Å². The molecule has 0 unspecified atom stereocenters. The molecule has 0 amide bonds. The second-order valence-corrected chi connectivity index (χ2v) is 7.26. The Morgan fingerprint density at radius 2 is 1.97 bits per heavy atom. The largest absolute Gasteiger partial charge is 0.388 e. The number of halogens is 1. The number of anilines is 1. The standard InChI is InChI=1S/C21H19FN4O3/c1-15-6-9-19(26(27)28)20(23-15)25-12-10-21(11-13-25)14-17(24-29-21)8-7-16-4-2-3-5-18(16)22/h2-6,9H,10-14H2,1H3. The van der Waals surface area contributed by atoms with Crippen LogP contribution in [0.1, 0.15) is 30.5 Å². The van der Waals surface area contributed by atoms with Crippen molar-refractivity contribution in [1.82, 2.24) is 4.98 Å². The highest BCUT2D eigenvalue weighted by Crippen LogP contribution is 2.37. The Hall–Kier alpha value is -3.47. The van der Waals surface area contributed by atoms with E-state index in [1.807, 2.05) is 11.8 Å². The monoisotopic (exact) mass is 394 g/mol. The summed E-state index contributed by atoms with van der Waals surface area (Å²) in [6.07, 6.45) is 1.84. The van der Waals surface area contributed by atoms with E-state index < -0.39 is 10.5 Å². The summed E-state index contributed by atoms with van der Waals surface area (Å²) in [7, 11) is 0. The van der Waals surface area contributed by atoms with E-state index in [0.29, 0.717) is 49.4 Å². The highest BCUT2D eigenvalue weighted by Gasteiger charge is 2.42. The molecule has 0 N–H and O–H groups in total. The Bertz CT molecular complexity index is 1050. The van der Waals surface area contributed by atoms with Crippen LogP contribution >= 0.6 is 0 Å². The van der Waals surface area contributed by atoms with E-state index in [4.69, 9.17) is 4.84 Å². The quantitative estimate of drug-likeness (QED) is 0.442. The van der Waals surface area contributed by atoms with Crippen LogP contribution in [0.25, 0.3) is 0 Å². The number of oxime groups is 1. The highest BCUT2D eigenvalue weighted by atomic mass is 19.1. The second kappa shape index (κ2) is 7.51. The molecule has 0 atom stereocenters. The zero-order valence-electron chi connectivity index (χ0n) is 15.9. The molecule has 0 radical (unpaired) electrons. The fourth-order valence-electron chi connectivity index (χ4n) is 3.60. The van der Waals surface area contributed by atoms with Crippen LogP contribution in [0.4, 0.5) is 15.9 Å². The van der Waals surface area contributed by atoms with Gasteiger partial charge in [-0.3, -0.25) is 10.1 Å². The Morgan fingerprint density at radius 3 is 2.69 bits per heavy atom. The van der Waals surface area contributed by atoms with Crippen LogP contribution in [0, 0.1) is 34.7 Å². The van der Waals surface area contributed by atoms with Crippen molar-refractivity contribution >= 4 is 17.2 Å². The van der Waals surface area contributed by atoms with Gasteiger partial charge in [0.25, 0.3) is 0 Å². The number of benzene rings is 1. The molecule has 0 saturated carbocycles. The number of aromatic nitrogens is 1. The van der Waals surface area contributed by atoms with Crippen LogP contribution < -0.4 is 4.90 Å². The molecule has 2 aliphatic rings. The number of nitrogens with zero attached hydrogens (tertiary/aromatic N) is 4. The van der Waals surface area contributed by atoms with Gasteiger partial charge in [-0.05, 0) is 31.0 Å². The van der Waals surface area contributed by atoms with Gasteiger partial charge in [0.1, 0.15) is 17.1 Å². The fourth-order valence-corrected chi connectivity index (χ4v) is 3.60. The molecule has 1 spiro atoms. The third kappa shape index (κ3) is 3.90. The van der Waals surface area contributed by atoms with Gasteiger partial charge < -0.3 is 9.74 Å². The van der Waals surface area contributed by atoms with Gasteiger partial charge in [0.15, 0.2) is 0 Å². The average Bonchev–Trinajstić information content (AvgIpc) is 3.10. The van der Waals surface area contributed by atoms with E-state index in [9.17, 15) is 14.5 Å². The lowest BCUT2D eigenvalue weighted by Gasteiger charge is -2.37.